The third kappa shape index (κ3) is 2.98. The minimum atomic E-state index is -3.48. The highest BCUT2D eigenvalue weighted by Crippen LogP contribution is 2.30. The lowest BCUT2D eigenvalue weighted by atomic mass is 10.2. The van der Waals surface area contributed by atoms with E-state index in [0.29, 0.717) is 4.21 Å². The molecule has 8 heteroatoms. The fraction of sp³-hybridized carbons (Fsp3) is 0.417. The van der Waals surface area contributed by atoms with Crippen LogP contribution in [0.25, 0.3) is 0 Å². The lowest BCUT2D eigenvalue weighted by Gasteiger charge is -2.05. The maximum Gasteiger partial charge on any atom is 0.250 e. The largest absolute Gasteiger partial charge is 0.272 e. The van der Waals surface area contributed by atoms with E-state index in [-0.39, 0.29) is 6.54 Å². The summed E-state index contributed by atoms with van der Waals surface area (Å²) >= 11 is 4.56. The predicted octanol–water partition coefficient (Wildman–Crippen LogP) is 2.65. The number of rotatable bonds is 4. The molecule has 0 amide bonds. The molecule has 0 bridgehead atoms. The second-order valence-electron chi connectivity index (χ2n) is 4.62. The maximum absolute atomic E-state index is 12.3. The van der Waals surface area contributed by atoms with Crippen LogP contribution in [0.3, 0.4) is 0 Å². The van der Waals surface area contributed by atoms with E-state index in [1.54, 1.807) is 10.7 Å². The highest BCUT2D eigenvalue weighted by atomic mass is 79.9. The Kier molecular flexibility index (Phi) is 4.38. The van der Waals surface area contributed by atoms with Crippen molar-refractivity contribution < 1.29 is 8.42 Å². The zero-order chi connectivity index (χ0) is 15.1. The van der Waals surface area contributed by atoms with Gasteiger partial charge in [-0.2, -0.15) is 5.10 Å². The SMILES string of the molecule is Cc1cc(S(=O)(=O)NCc2c(C)nn(C)c2C)sc1Br. The van der Waals surface area contributed by atoms with Crippen LogP contribution in [-0.4, -0.2) is 18.2 Å². The number of aryl methyl sites for hydroxylation is 3. The van der Waals surface area contributed by atoms with Crippen molar-refractivity contribution in [3.63, 3.8) is 0 Å². The number of halogens is 1. The van der Waals surface area contributed by atoms with E-state index in [2.05, 4.69) is 25.8 Å². The van der Waals surface area contributed by atoms with E-state index in [1.807, 2.05) is 27.8 Å². The Morgan fingerprint density at radius 2 is 2.05 bits per heavy atom. The highest BCUT2D eigenvalue weighted by Gasteiger charge is 2.19. The van der Waals surface area contributed by atoms with Gasteiger partial charge in [0.1, 0.15) is 4.21 Å². The third-order valence-electron chi connectivity index (χ3n) is 3.20. The Morgan fingerprint density at radius 1 is 1.40 bits per heavy atom. The zero-order valence-electron chi connectivity index (χ0n) is 11.7. The van der Waals surface area contributed by atoms with Gasteiger partial charge in [0, 0.05) is 24.8 Å². The van der Waals surface area contributed by atoms with Gasteiger partial charge in [0.25, 0.3) is 0 Å². The van der Waals surface area contributed by atoms with E-state index in [0.717, 1.165) is 26.3 Å². The maximum atomic E-state index is 12.3. The molecule has 0 aliphatic rings. The minimum absolute atomic E-state index is 0.252. The molecule has 0 saturated heterocycles. The van der Waals surface area contributed by atoms with Gasteiger partial charge >= 0.3 is 0 Å². The van der Waals surface area contributed by atoms with E-state index >= 15 is 0 Å². The molecule has 0 atom stereocenters. The van der Waals surface area contributed by atoms with Crippen molar-refractivity contribution in [1.29, 1.82) is 0 Å². The fourth-order valence-electron chi connectivity index (χ4n) is 1.88. The lowest BCUT2D eigenvalue weighted by molar-refractivity contribution is 0.583. The lowest BCUT2D eigenvalue weighted by Crippen LogP contribution is -2.23. The summed E-state index contributed by atoms with van der Waals surface area (Å²) in [4.78, 5) is 0. The van der Waals surface area contributed by atoms with Crippen molar-refractivity contribution in [2.75, 3.05) is 0 Å². The number of thiophene rings is 1. The van der Waals surface area contributed by atoms with Gasteiger partial charge in [-0.15, -0.1) is 11.3 Å². The molecular weight excluding hydrogens is 362 g/mol. The number of hydrogen-bond acceptors (Lipinski definition) is 4. The van der Waals surface area contributed by atoms with Gasteiger partial charge in [0.2, 0.25) is 10.0 Å². The van der Waals surface area contributed by atoms with E-state index in [9.17, 15) is 8.42 Å². The summed E-state index contributed by atoms with van der Waals surface area (Å²) in [6, 6.07) is 1.67. The monoisotopic (exact) mass is 377 g/mol. The molecule has 0 aromatic carbocycles. The molecule has 0 spiro atoms. The van der Waals surface area contributed by atoms with E-state index in [1.165, 1.54) is 11.3 Å². The van der Waals surface area contributed by atoms with Crippen molar-refractivity contribution in [2.24, 2.45) is 7.05 Å². The molecule has 0 aliphatic carbocycles. The van der Waals surface area contributed by atoms with Crippen LogP contribution in [0.4, 0.5) is 0 Å². The molecule has 0 radical (unpaired) electrons. The van der Waals surface area contributed by atoms with Crippen LogP contribution in [0.5, 0.6) is 0 Å². The molecule has 0 aliphatic heterocycles. The Bertz CT molecular complexity index is 728. The van der Waals surface area contributed by atoms with Crippen LogP contribution in [0.15, 0.2) is 14.1 Å². The number of nitrogens with zero attached hydrogens (tertiary/aromatic N) is 2. The van der Waals surface area contributed by atoms with Crippen LogP contribution in [-0.2, 0) is 23.6 Å². The molecule has 0 unspecified atom stereocenters. The summed E-state index contributed by atoms with van der Waals surface area (Å²) < 4.78 is 30.1. The van der Waals surface area contributed by atoms with Crippen LogP contribution in [0.2, 0.25) is 0 Å². The van der Waals surface area contributed by atoms with Crippen molar-refractivity contribution in [3.05, 3.63) is 32.4 Å². The first-order valence-electron chi connectivity index (χ1n) is 5.97. The molecule has 110 valence electrons. The van der Waals surface area contributed by atoms with Crippen LogP contribution in [0, 0.1) is 20.8 Å². The smallest absolute Gasteiger partial charge is 0.250 e. The molecule has 2 aromatic rings. The molecule has 2 aromatic heterocycles. The number of hydrogen-bond donors (Lipinski definition) is 1. The van der Waals surface area contributed by atoms with Crippen molar-refractivity contribution in [3.8, 4) is 0 Å². The average Bonchev–Trinajstić information content (AvgIpc) is 2.80. The van der Waals surface area contributed by atoms with Gasteiger partial charge in [0.15, 0.2) is 0 Å². The van der Waals surface area contributed by atoms with Crippen LogP contribution in [0.1, 0.15) is 22.5 Å². The van der Waals surface area contributed by atoms with Crippen molar-refractivity contribution in [1.82, 2.24) is 14.5 Å². The second kappa shape index (κ2) is 5.59. The van der Waals surface area contributed by atoms with Crippen LogP contribution >= 0.6 is 27.3 Å². The molecule has 2 rings (SSSR count). The fourth-order valence-corrected chi connectivity index (χ4v) is 5.14. The van der Waals surface area contributed by atoms with Gasteiger partial charge in [0.05, 0.1) is 9.48 Å². The van der Waals surface area contributed by atoms with Gasteiger partial charge in [-0.05, 0) is 48.3 Å². The average molecular weight is 378 g/mol. The Hall–Kier alpha value is -0.700. The first kappa shape index (κ1) is 15.7. The van der Waals surface area contributed by atoms with Gasteiger partial charge < -0.3 is 0 Å². The van der Waals surface area contributed by atoms with E-state index < -0.39 is 10.0 Å². The number of nitrogens with one attached hydrogen (secondary N) is 1. The van der Waals surface area contributed by atoms with Crippen molar-refractivity contribution >= 4 is 37.3 Å². The second-order valence-corrected chi connectivity index (χ2v) is 8.98. The van der Waals surface area contributed by atoms with Crippen LogP contribution < -0.4 is 4.72 Å². The van der Waals surface area contributed by atoms with Gasteiger partial charge in [-0.25, -0.2) is 13.1 Å². The van der Waals surface area contributed by atoms with E-state index in [4.69, 9.17) is 0 Å². The quantitative estimate of drug-likeness (QED) is 0.890. The molecule has 20 heavy (non-hydrogen) atoms. The summed E-state index contributed by atoms with van der Waals surface area (Å²) in [5, 5.41) is 4.28. The topological polar surface area (TPSA) is 64.0 Å². The summed E-state index contributed by atoms with van der Waals surface area (Å²) in [5.41, 5.74) is 3.65. The number of aromatic nitrogens is 2. The summed E-state index contributed by atoms with van der Waals surface area (Å²) in [6.07, 6.45) is 0. The summed E-state index contributed by atoms with van der Waals surface area (Å²) in [6.45, 7) is 5.93. The molecule has 0 saturated carbocycles. The zero-order valence-corrected chi connectivity index (χ0v) is 14.9. The Labute approximate surface area is 131 Å². The third-order valence-corrected chi connectivity index (χ3v) is 7.21. The first-order chi connectivity index (χ1) is 9.22. The highest BCUT2D eigenvalue weighted by molar-refractivity contribution is 9.11. The number of sulfonamides is 1. The first-order valence-corrected chi connectivity index (χ1v) is 9.06. The molecule has 1 N–H and O–H groups in total. The molecule has 0 fully saturated rings. The Balaban J connectivity index is 2.21. The van der Waals surface area contributed by atoms with Crippen molar-refractivity contribution in [2.45, 2.75) is 31.5 Å². The van der Waals surface area contributed by atoms with Gasteiger partial charge in [-0.3, -0.25) is 4.68 Å². The molecule has 5 nitrogen and oxygen atoms in total. The normalized spacial score (nSPS) is 12.1. The Morgan fingerprint density at radius 3 is 2.50 bits per heavy atom. The predicted molar refractivity (Wildman–Crippen MR) is 83.5 cm³/mol. The summed E-state index contributed by atoms with van der Waals surface area (Å²) in [7, 11) is -1.64. The standard InChI is InChI=1S/C12H16BrN3O2S2/c1-7-5-11(19-12(7)13)20(17,18)14-6-10-8(2)15-16(4)9(10)3/h5,14H,6H2,1-4H3. The molecule has 2 heterocycles. The summed E-state index contributed by atoms with van der Waals surface area (Å²) in [5.74, 6) is 0. The molecular formula is C12H16BrN3O2S2. The van der Waals surface area contributed by atoms with Gasteiger partial charge in [-0.1, -0.05) is 0 Å². The minimum Gasteiger partial charge on any atom is -0.272 e.